The maximum Gasteiger partial charge on any atom is 0.323 e. The third kappa shape index (κ3) is 1.35. The molecule has 3 rings (SSSR count). The molecule has 0 radical (unpaired) electrons. The van der Waals surface area contributed by atoms with Gasteiger partial charge >= 0.3 is 6.01 Å². The topological polar surface area (TPSA) is 38.5 Å². The van der Waals surface area contributed by atoms with Crippen molar-refractivity contribution in [2.75, 3.05) is 18.2 Å². The lowest BCUT2D eigenvalue weighted by molar-refractivity contribution is 0.155. The number of benzene rings is 1. The highest BCUT2D eigenvalue weighted by molar-refractivity contribution is 5.74. The van der Waals surface area contributed by atoms with Crippen molar-refractivity contribution >= 4 is 17.1 Å². The van der Waals surface area contributed by atoms with Crippen molar-refractivity contribution in [1.29, 1.82) is 0 Å². The van der Waals surface area contributed by atoms with E-state index in [0.717, 1.165) is 13.0 Å². The molecule has 1 saturated heterocycles. The second-order valence-corrected chi connectivity index (χ2v) is 3.37. The Morgan fingerprint density at radius 3 is 3.07 bits per heavy atom. The molecule has 0 spiro atoms. The maximum atomic E-state index is 13.3. The molecule has 1 aliphatic rings. The predicted molar refractivity (Wildman–Crippen MR) is 51.9 cm³/mol. The molecule has 1 fully saturated rings. The van der Waals surface area contributed by atoms with Crippen LogP contribution in [-0.4, -0.2) is 18.1 Å². The minimum Gasteiger partial charge on any atom is -0.422 e. The van der Waals surface area contributed by atoms with E-state index in [1.54, 1.807) is 17.2 Å². The molecule has 78 valence electrons. The minimum absolute atomic E-state index is 0.253. The third-order valence-corrected chi connectivity index (χ3v) is 2.32. The van der Waals surface area contributed by atoms with Crippen LogP contribution in [-0.2, 0) is 4.84 Å². The Labute approximate surface area is 85.2 Å². The smallest absolute Gasteiger partial charge is 0.323 e. The number of aromatic nitrogens is 1. The normalized spacial score (nSPS) is 16.5. The zero-order chi connectivity index (χ0) is 10.3. The van der Waals surface area contributed by atoms with Crippen LogP contribution in [0.15, 0.2) is 22.6 Å². The van der Waals surface area contributed by atoms with Crippen LogP contribution in [0, 0.1) is 5.82 Å². The van der Waals surface area contributed by atoms with Crippen LogP contribution < -0.4 is 5.06 Å². The first-order valence-electron chi connectivity index (χ1n) is 4.80. The van der Waals surface area contributed by atoms with Gasteiger partial charge in [-0.15, -0.1) is 0 Å². The molecule has 0 atom stereocenters. The van der Waals surface area contributed by atoms with Crippen molar-refractivity contribution in [2.45, 2.75) is 6.42 Å². The van der Waals surface area contributed by atoms with Gasteiger partial charge in [0.1, 0.15) is 5.52 Å². The van der Waals surface area contributed by atoms with E-state index in [4.69, 9.17) is 9.25 Å². The van der Waals surface area contributed by atoms with Crippen LogP contribution in [0.1, 0.15) is 6.42 Å². The van der Waals surface area contributed by atoms with Gasteiger partial charge in [0.2, 0.25) is 0 Å². The molecule has 2 aromatic rings. The fourth-order valence-electron chi connectivity index (χ4n) is 1.61. The number of para-hydroxylation sites is 1. The van der Waals surface area contributed by atoms with Gasteiger partial charge < -0.3 is 4.42 Å². The number of anilines is 1. The number of hydroxylamine groups is 1. The van der Waals surface area contributed by atoms with E-state index < -0.39 is 0 Å². The van der Waals surface area contributed by atoms with E-state index in [-0.39, 0.29) is 11.3 Å². The Balaban J connectivity index is 2.09. The van der Waals surface area contributed by atoms with Gasteiger partial charge in [-0.1, -0.05) is 6.07 Å². The van der Waals surface area contributed by atoms with E-state index >= 15 is 0 Å². The van der Waals surface area contributed by atoms with Gasteiger partial charge in [-0.2, -0.15) is 4.98 Å². The van der Waals surface area contributed by atoms with Crippen molar-refractivity contribution in [3.05, 3.63) is 24.0 Å². The van der Waals surface area contributed by atoms with Crippen LogP contribution >= 0.6 is 0 Å². The van der Waals surface area contributed by atoms with Crippen molar-refractivity contribution < 1.29 is 13.6 Å². The number of halogens is 1. The molecule has 2 heterocycles. The molecule has 0 unspecified atom stereocenters. The highest BCUT2D eigenvalue weighted by Crippen LogP contribution is 2.25. The van der Waals surface area contributed by atoms with Crippen molar-refractivity contribution in [3.8, 4) is 0 Å². The summed E-state index contributed by atoms with van der Waals surface area (Å²) in [5, 5.41) is 1.56. The number of hydrogen-bond acceptors (Lipinski definition) is 4. The molecule has 0 N–H and O–H groups in total. The van der Waals surface area contributed by atoms with E-state index in [9.17, 15) is 4.39 Å². The Morgan fingerprint density at radius 2 is 2.33 bits per heavy atom. The molecule has 1 aromatic carbocycles. The largest absolute Gasteiger partial charge is 0.422 e. The van der Waals surface area contributed by atoms with Crippen molar-refractivity contribution in [2.24, 2.45) is 0 Å². The molecule has 0 amide bonds. The highest BCUT2D eigenvalue weighted by atomic mass is 19.1. The molecule has 1 aromatic heterocycles. The first kappa shape index (κ1) is 8.67. The SMILES string of the molecule is Fc1cccc2oc(N3CCCO3)nc12. The molecular formula is C10H9FN2O2. The molecule has 15 heavy (non-hydrogen) atoms. The zero-order valence-electron chi connectivity index (χ0n) is 7.94. The molecule has 1 aliphatic heterocycles. The van der Waals surface area contributed by atoms with Crippen LogP contribution in [0.5, 0.6) is 0 Å². The summed E-state index contributed by atoms with van der Waals surface area (Å²) in [6, 6.07) is 4.97. The van der Waals surface area contributed by atoms with E-state index in [1.165, 1.54) is 6.07 Å². The van der Waals surface area contributed by atoms with E-state index in [2.05, 4.69) is 4.98 Å². The summed E-state index contributed by atoms with van der Waals surface area (Å²) < 4.78 is 18.7. The molecule has 0 aliphatic carbocycles. The molecular weight excluding hydrogens is 199 g/mol. The second kappa shape index (κ2) is 3.20. The fraction of sp³-hybridized carbons (Fsp3) is 0.300. The van der Waals surface area contributed by atoms with Crippen LogP contribution in [0.4, 0.5) is 10.4 Å². The maximum absolute atomic E-state index is 13.3. The lowest BCUT2D eigenvalue weighted by Gasteiger charge is -2.08. The molecule has 4 nitrogen and oxygen atoms in total. The lowest BCUT2D eigenvalue weighted by atomic mass is 10.3. The van der Waals surface area contributed by atoms with E-state index in [0.29, 0.717) is 18.2 Å². The number of oxazole rings is 1. The summed E-state index contributed by atoms with van der Waals surface area (Å²) in [6.07, 6.45) is 0.932. The van der Waals surface area contributed by atoms with Gasteiger partial charge in [0.15, 0.2) is 11.4 Å². The van der Waals surface area contributed by atoms with Crippen LogP contribution in [0.3, 0.4) is 0 Å². The third-order valence-electron chi connectivity index (χ3n) is 2.32. The van der Waals surface area contributed by atoms with E-state index in [1.807, 2.05) is 0 Å². The Morgan fingerprint density at radius 1 is 1.40 bits per heavy atom. The van der Waals surface area contributed by atoms with Gasteiger partial charge in [0.05, 0.1) is 13.2 Å². The summed E-state index contributed by atoms with van der Waals surface area (Å²) in [4.78, 5) is 9.32. The number of fused-ring (bicyclic) bond motifs is 1. The van der Waals surface area contributed by atoms with Crippen LogP contribution in [0.25, 0.3) is 11.1 Å². The van der Waals surface area contributed by atoms with Crippen molar-refractivity contribution in [1.82, 2.24) is 4.98 Å². The first-order chi connectivity index (χ1) is 7.34. The summed E-state index contributed by atoms with van der Waals surface area (Å²) in [5.74, 6) is -0.373. The average molecular weight is 208 g/mol. The lowest BCUT2D eigenvalue weighted by Crippen LogP contribution is -2.16. The number of rotatable bonds is 1. The number of hydrogen-bond donors (Lipinski definition) is 0. The van der Waals surface area contributed by atoms with Gasteiger partial charge in [-0.05, 0) is 18.6 Å². The van der Waals surface area contributed by atoms with Crippen LogP contribution in [0.2, 0.25) is 0 Å². The monoisotopic (exact) mass is 208 g/mol. The summed E-state index contributed by atoms with van der Waals surface area (Å²) in [6.45, 7) is 1.38. The standard InChI is InChI=1S/C10H9FN2O2/c11-7-3-1-4-8-9(7)12-10(15-8)13-5-2-6-14-13/h1,3-4H,2,5-6H2. The van der Waals surface area contributed by atoms with Gasteiger partial charge in [0.25, 0.3) is 0 Å². The Hall–Kier alpha value is -1.62. The summed E-state index contributed by atoms with van der Waals surface area (Å²) in [7, 11) is 0. The average Bonchev–Trinajstić information content (AvgIpc) is 2.86. The van der Waals surface area contributed by atoms with Gasteiger partial charge in [-0.25, -0.2) is 9.45 Å². The molecule has 5 heteroatoms. The summed E-state index contributed by atoms with van der Waals surface area (Å²) in [5.41, 5.74) is 0.698. The molecule has 0 saturated carbocycles. The summed E-state index contributed by atoms with van der Waals surface area (Å²) >= 11 is 0. The molecule has 0 bridgehead atoms. The fourth-order valence-corrected chi connectivity index (χ4v) is 1.61. The minimum atomic E-state index is -0.373. The zero-order valence-corrected chi connectivity index (χ0v) is 7.94. The first-order valence-corrected chi connectivity index (χ1v) is 4.80. The second-order valence-electron chi connectivity index (χ2n) is 3.37. The number of nitrogens with zero attached hydrogens (tertiary/aromatic N) is 2. The predicted octanol–water partition coefficient (Wildman–Crippen LogP) is 2.11. The highest BCUT2D eigenvalue weighted by Gasteiger charge is 2.20. The Bertz CT molecular complexity index is 491. The van der Waals surface area contributed by atoms with Gasteiger partial charge in [-0.3, -0.25) is 4.84 Å². The quantitative estimate of drug-likeness (QED) is 0.719. The Kier molecular flexibility index (Phi) is 1.85. The van der Waals surface area contributed by atoms with Crippen molar-refractivity contribution in [3.63, 3.8) is 0 Å². The van der Waals surface area contributed by atoms with Gasteiger partial charge in [0, 0.05) is 0 Å².